The first kappa shape index (κ1) is 33.8. The molecule has 0 saturated heterocycles. The lowest BCUT2D eigenvalue weighted by Gasteiger charge is -2.36. The number of ether oxygens (including phenoxy) is 3. The van der Waals surface area contributed by atoms with Gasteiger partial charge in [0.2, 0.25) is 0 Å². The van der Waals surface area contributed by atoms with Crippen LogP contribution in [0.15, 0.2) is 66.1 Å². The van der Waals surface area contributed by atoms with E-state index in [2.05, 4.69) is 60.3 Å². The molecule has 0 aliphatic carbocycles. The molecule has 0 aromatic heterocycles. The van der Waals surface area contributed by atoms with Gasteiger partial charge in [0, 0.05) is 28.2 Å². The number of halogens is 1. The topological polar surface area (TPSA) is 61.8 Å². The van der Waals surface area contributed by atoms with Gasteiger partial charge in [0.05, 0.1) is 6.61 Å². The van der Waals surface area contributed by atoms with Crippen LogP contribution in [-0.2, 0) is 19.1 Å². The van der Waals surface area contributed by atoms with Gasteiger partial charge in [-0.05, 0) is 78.0 Å². The number of benzene rings is 2. The summed E-state index contributed by atoms with van der Waals surface area (Å²) >= 11 is 7.58. The molecular formula is C33H45ClO5S. The van der Waals surface area contributed by atoms with E-state index in [1.54, 1.807) is 11.8 Å². The van der Waals surface area contributed by atoms with Crippen molar-refractivity contribution >= 4 is 35.3 Å². The molecule has 0 spiro atoms. The first-order valence-corrected chi connectivity index (χ1v) is 15.5. The van der Waals surface area contributed by atoms with Crippen molar-refractivity contribution < 1.29 is 23.8 Å². The summed E-state index contributed by atoms with van der Waals surface area (Å²) in [5, 5.41) is 0.670. The van der Waals surface area contributed by atoms with E-state index in [1.165, 1.54) is 5.56 Å². The third kappa shape index (κ3) is 11.6. The monoisotopic (exact) mass is 588 g/mol. The summed E-state index contributed by atoms with van der Waals surface area (Å²) in [6.45, 7) is 17.6. The van der Waals surface area contributed by atoms with E-state index in [-0.39, 0.29) is 25.6 Å². The maximum absolute atomic E-state index is 12.5. The summed E-state index contributed by atoms with van der Waals surface area (Å²) < 4.78 is 16.8. The highest BCUT2D eigenvalue weighted by Crippen LogP contribution is 2.41. The van der Waals surface area contributed by atoms with Gasteiger partial charge in [0.1, 0.15) is 18.5 Å². The highest BCUT2D eigenvalue weighted by atomic mass is 35.5. The van der Waals surface area contributed by atoms with E-state index < -0.39 is 12.1 Å². The Labute approximate surface area is 250 Å². The van der Waals surface area contributed by atoms with Crippen molar-refractivity contribution in [2.75, 3.05) is 19.0 Å². The third-order valence-electron chi connectivity index (χ3n) is 6.86. The van der Waals surface area contributed by atoms with Crippen LogP contribution in [0.2, 0.25) is 5.02 Å². The molecule has 0 aliphatic rings. The van der Waals surface area contributed by atoms with E-state index >= 15 is 0 Å². The minimum absolute atomic E-state index is 0.138. The van der Waals surface area contributed by atoms with Crippen molar-refractivity contribution in [3.8, 4) is 5.75 Å². The first-order valence-electron chi connectivity index (χ1n) is 14.1. The highest BCUT2D eigenvalue weighted by Gasteiger charge is 2.31. The SMILES string of the molecule is C=CC(=O)OCCCC(=O)OC(COc1ccc(C(C(C)C)C(C(C)C)C(C)C)cc1)CSc1ccc(Cl)cc1. The summed E-state index contributed by atoms with van der Waals surface area (Å²) in [4.78, 5) is 24.7. The second-order valence-corrected chi connectivity index (χ2v) is 12.6. The third-order valence-corrected chi connectivity index (χ3v) is 8.25. The summed E-state index contributed by atoms with van der Waals surface area (Å²) in [5.41, 5.74) is 1.33. The van der Waals surface area contributed by atoms with E-state index in [9.17, 15) is 9.59 Å². The number of carbonyl (C=O) groups excluding carboxylic acids is 2. The Morgan fingerprint density at radius 3 is 2.10 bits per heavy atom. The van der Waals surface area contributed by atoms with E-state index in [4.69, 9.17) is 25.8 Å². The average Bonchev–Trinajstić information content (AvgIpc) is 2.91. The van der Waals surface area contributed by atoms with Gasteiger partial charge >= 0.3 is 11.9 Å². The van der Waals surface area contributed by atoms with Gasteiger partial charge in [0.15, 0.2) is 0 Å². The molecule has 5 nitrogen and oxygen atoms in total. The minimum Gasteiger partial charge on any atom is -0.490 e. The van der Waals surface area contributed by atoms with Crippen molar-refractivity contribution in [3.63, 3.8) is 0 Å². The molecule has 0 N–H and O–H groups in total. The van der Waals surface area contributed by atoms with E-state index in [0.29, 0.717) is 46.8 Å². The second kappa shape index (κ2) is 17.4. The molecule has 0 amide bonds. The Hall–Kier alpha value is -2.44. The fraction of sp³-hybridized carbons (Fsp3) is 0.515. The predicted octanol–water partition coefficient (Wildman–Crippen LogP) is 8.60. The predicted molar refractivity (Wildman–Crippen MR) is 165 cm³/mol. The van der Waals surface area contributed by atoms with Crippen molar-refractivity contribution in [3.05, 3.63) is 71.8 Å². The quantitative estimate of drug-likeness (QED) is 0.0798. The molecule has 0 saturated carbocycles. The molecule has 2 unspecified atom stereocenters. The smallest absolute Gasteiger partial charge is 0.330 e. The number of hydrogen-bond donors (Lipinski definition) is 0. The minimum atomic E-state index is -0.506. The molecule has 0 aliphatic heterocycles. The molecule has 0 fully saturated rings. The van der Waals surface area contributed by atoms with Crippen LogP contribution in [-0.4, -0.2) is 37.0 Å². The number of esters is 2. The fourth-order valence-electron chi connectivity index (χ4n) is 5.16. The van der Waals surface area contributed by atoms with Crippen LogP contribution in [0.3, 0.4) is 0 Å². The van der Waals surface area contributed by atoms with Crippen LogP contribution in [0.1, 0.15) is 65.9 Å². The lowest BCUT2D eigenvalue weighted by molar-refractivity contribution is -0.150. The summed E-state index contributed by atoms with van der Waals surface area (Å²) in [7, 11) is 0. The molecule has 40 heavy (non-hydrogen) atoms. The van der Waals surface area contributed by atoms with Gasteiger partial charge in [-0.2, -0.15) is 0 Å². The summed E-state index contributed by atoms with van der Waals surface area (Å²) in [6.07, 6.45) is 1.16. The molecule has 0 radical (unpaired) electrons. The van der Waals surface area contributed by atoms with E-state index in [0.717, 1.165) is 16.7 Å². The lowest BCUT2D eigenvalue weighted by Crippen LogP contribution is -2.28. The van der Waals surface area contributed by atoms with Gasteiger partial charge in [-0.1, -0.05) is 71.9 Å². The molecule has 2 atom stereocenters. The zero-order valence-electron chi connectivity index (χ0n) is 24.7. The second-order valence-electron chi connectivity index (χ2n) is 11.1. The van der Waals surface area contributed by atoms with Crippen molar-refractivity contribution in [1.82, 2.24) is 0 Å². The van der Waals surface area contributed by atoms with Crippen LogP contribution in [0.4, 0.5) is 0 Å². The number of thioether (sulfide) groups is 1. The van der Waals surface area contributed by atoms with Gasteiger partial charge < -0.3 is 14.2 Å². The molecule has 2 aromatic rings. The molecule has 2 rings (SSSR count). The zero-order valence-corrected chi connectivity index (χ0v) is 26.3. The molecule has 0 heterocycles. The lowest BCUT2D eigenvalue weighted by atomic mass is 9.68. The summed E-state index contributed by atoms with van der Waals surface area (Å²) in [6, 6.07) is 15.9. The molecule has 7 heteroatoms. The Kier molecular flexibility index (Phi) is 14.7. The maximum atomic E-state index is 12.5. The van der Waals surface area contributed by atoms with Crippen molar-refractivity contribution in [2.24, 2.45) is 23.7 Å². The molecule has 220 valence electrons. The van der Waals surface area contributed by atoms with Crippen LogP contribution < -0.4 is 4.74 Å². The molecule has 2 aromatic carbocycles. The Bertz CT molecular complexity index is 1040. The Balaban J connectivity index is 2.05. The van der Waals surface area contributed by atoms with Gasteiger partial charge in [-0.25, -0.2) is 4.79 Å². The molecule has 0 bridgehead atoms. The van der Waals surface area contributed by atoms with Crippen molar-refractivity contribution in [1.29, 1.82) is 0 Å². The summed E-state index contributed by atoms with van der Waals surface area (Å²) in [5.74, 6) is 3.15. The molecular weight excluding hydrogens is 544 g/mol. The van der Waals surface area contributed by atoms with Gasteiger partial charge in [0.25, 0.3) is 0 Å². The fourth-order valence-corrected chi connectivity index (χ4v) is 6.15. The normalized spacial score (nSPS) is 13.0. The Morgan fingerprint density at radius 2 is 1.55 bits per heavy atom. The number of hydrogen-bond acceptors (Lipinski definition) is 6. The van der Waals surface area contributed by atoms with Crippen LogP contribution in [0.25, 0.3) is 0 Å². The van der Waals surface area contributed by atoms with E-state index in [1.807, 2.05) is 36.4 Å². The largest absolute Gasteiger partial charge is 0.490 e. The number of carbonyl (C=O) groups is 2. The van der Waals surface area contributed by atoms with Gasteiger partial charge in [-0.3, -0.25) is 4.79 Å². The van der Waals surface area contributed by atoms with Crippen LogP contribution in [0.5, 0.6) is 5.75 Å². The van der Waals surface area contributed by atoms with Crippen molar-refractivity contribution in [2.45, 2.75) is 71.3 Å². The standard InChI is InChI=1S/C33H45ClO5S/c1-8-30(35)37-19-9-10-31(36)39-28(21-40-29-17-13-26(34)14-18-29)20-38-27-15-11-25(12-16-27)33(24(6)7)32(22(2)3)23(4)5/h8,11-18,22-24,28,32-33H,1,9-10,19-21H2,2-7H3. The zero-order chi connectivity index (χ0) is 29.7. The van der Waals surface area contributed by atoms with Gasteiger partial charge in [-0.15, -0.1) is 11.8 Å². The number of rotatable bonds is 17. The first-order chi connectivity index (χ1) is 19.0. The average molecular weight is 589 g/mol. The van der Waals surface area contributed by atoms with Crippen LogP contribution in [0, 0.1) is 23.7 Å². The highest BCUT2D eigenvalue weighted by molar-refractivity contribution is 7.99. The van der Waals surface area contributed by atoms with Crippen LogP contribution >= 0.6 is 23.4 Å². The maximum Gasteiger partial charge on any atom is 0.330 e. The Morgan fingerprint density at radius 1 is 0.925 bits per heavy atom.